The minimum absolute atomic E-state index is 0.268. The molecule has 3 nitrogen and oxygen atoms in total. The predicted octanol–water partition coefficient (Wildman–Crippen LogP) is 2.16. The Bertz CT molecular complexity index is 349. The van der Waals surface area contributed by atoms with E-state index in [1.165, 1.54) is 25.4 Å². The number of ether oxygens (including phenoxy) is 1. The molecule has 0 aliphatic heterocycles. The smallest absolute Gasteiger partial charge is 0.339 e. The fourth-order valence-electron chi connectivity index (χ4n) is 0.870. The normalized spacial score (nSPS) is 9.38. The number of hydrogen-bond acceptors (Lipinski definition) is 3. The molecule has 0 aliphatic rings. The SMILES string of the molecule is C=Cc1nccc(C(=O)OC)c1Cl. The standard InChI is InChI=1S/C9H8ClNO2/c1-3-7-8(10)6(4-5-11-7)9(12)13-2/h3-5H,1H2,2H3. The van der Waals surface area contributed by atoms with Gasteiger partial charge >= 0.3 is 5.97 Å². The number of carbonyl (C=O) groups excluding carboxylic acids is 1. The maximum Gasteiger partial charge on any atom is 0.339 e. The van der Waals surface area contributed by atoms with E-state index < -0.39 is 5.97 Å². The van der Waals surface area contributed by atoms with Crippen molar-refractivity contribution in [3.05, 3.63) is 35.1 Å². The lowest BCUT2D eigenvalue weighted by atomic mass is 10.2. The predicted molar refractivity (Wildman–Crippen MR) is 50.7 cm³/mol. The summed E-state index contributed by atoms with van der Waals surface area (Å²) in [7, 11) is 1.30. The van der Waals surface area contributed by atoms with Crippen LogP contribution in [0.4, 0.5) is 0 Å². The highest BCUT2D eigenvalue weighted by molar-refractivity contribution is 6.34. The lowest BCUT2D eigenvalue weighted by Crippen LogP contribution is -2.03. The van der Waals surface area contributed by atoms with Crippen molar-refractivity contribution in [2.45, 2.75) is 0 Å². The van der Waals surface area contributed by atoms with Crippen molar-refractivity contribution >= 4 is 23.6 Å². The van der Waals surface area contributed by atoms with Crippen LogP contribution in [0.5, 0.6) is 0 Å². The van der Waals surface area contributed by atoms with E-state index in [1.54, 1.807) is 0 Å². The molecule has 0 aliphatic carbocycles. The minimum Gasteiger partial charge on any atom is -0.465 e. The molecule has 1 rings (SSSR count). The van der Waals surface area contributed by atoms with Crippen LogP contribution in [0.15, 0.2) is 18.8 Å². The zero-order chi connectivity index (χ0) is 9.84. The van der Waals surface area contributed by atoms with Gasteiger partial charge in [-0.2, -0.15) is 0 Å². The molecule has 1 aromatic rings. The highest BCUT2D eigenvalue weighted by atomic mass is 35.5. The monoisotopic (exact) mass is 197 g/mol. The highest BCUT2D eigenvalue weighted by Gasteiger charge is 2.12. The first-order chi connectivity index (χ1) is 6.20. The number of esters is 1. The number of aromatic nitrogens is 1. The molecule has 1 aromatic heterocycles. The Kier molecular flexibility index (Phi) is 3.03. The topological polar surface area (TPSA) is 39.2 Å². The van der Waals surface area contributed by atoms with E-state index in [-0.39, 0.29) is 5.02 Å². The van der Waals surface area contributed by atoms with Gasteiger partial charge in [-0.05, 0) is 12.1 Å². The van der Waals surface area contributed by atoms with Gasteiger partial charge in [0.15, 0.2) is 0 Å². The second kappa shape index (κ2) is 4.05. The Morgan fingerprint density at radius 2 is 2.46 bits per heavy atom. The maximum atomic E-state index is 11.1. The van der Waals surface area contributed by atoms with E-state index in [0.29, 0.717) is 11.3 Å². The van der Waals surface area contributed by atoms with Crippen molar-refractivity contribution in [3.8, 4) is 0 Å². The summed E-state index contributed by atoms with van der Waals surface area (Å²) in [5.41, 5.74) is 0.777. The molecule has 0 spiro atoms. The highest BCUT2D eigenvalue weighted by Crippen LogP contribution is 2.20. The summed E-state index contributed by atoms with van der Waals surface area (Å²) in [6, 6.07) is 1.50. The quantitative estimate of drug-likeness (QED) is 0.682. The number of nitrogens with zero attached hydrogens (tertiary/aromatic N) is 1. The van der Waals surface area contributed by atoms with Gasteiger partial charge in [0.25, 0.3) is 0 Å². The maximum absolute atomic E-state index is 11.1. The molecular formula is C9H8ClNO2. The van der Waals surface area contributed by atoms with E-state index in [2.05, 4.69) is 16.3 Å². The summed E-state index contributed by atoms with van der Waals surface area (Å²) in [6.07, 6.45) is 2.96. The molecule has 0 saturated carbocycles. The van der Waals surface area contributed by atoms with E-state index in [4.69, 9.17) is 11.6 Å². The van der Waals surface area contributed by atoms with Crippen molar-refractivity contribution in [1.29, 1.82) is 0 Å². The van der Waals surface area contributed by atoms with Crippen molar-refractivity contribution in [2.24, 2.45) is 0 Å². The first kappa shape index (κ1) is 9.74. The van der Waals surface area contributed by atoms with Gasteiger partial charge in [-0.1, -0.05) is 18.2 Å². The second-order valence-corrected chi connectivity index (χ2v) is 2.63. The van der Waals surface area contributed by atoms with Gasteiger partial charge in [0.2, 0.25) is 0 Å². The van der Waals surface area contributed by atoms with Gasteiger partial charge in [0.1, 0.15) is 0 Å². The van der Waals surface area contributed by atoms with Crippen molar-refractivity contribution in [1.82, 2.24) is 4.98 Å². The summed E-state index contributed by atoms with van der Waals surface area (Å²) < 4.78 is 4.53. The Morgan fingerprint density at radius 1 is 1.77 bits per heavy atom. The van der Waals surface area contributed by atoms with Crippen LogP contribution >= 0.6 is 11.6 Å². The third-order valence-electron chi connectivity index (χ3n) is 1.51. The molecule has 68 valence electrons. The molecule has 4 heteroatoms. The summed E-state index contributed by atoms with van der Waals surface area (Å²) in [4.78, 5) is 15.1. The molecule has 0 unspecified atom stereocenters. The van der Waals surface area contributed by atoms with Crippen LogP contribution in [0.1, 0.15) is 16.1 Å². The molecule has 0 saturated heterocycles. The number of rotatable bonds is 2. The fraction of sp³-hybridized carbons (Fsp3) is 0.111. The lowest BCUT2D eigenvalue weighted by Gasteiger charge is -2.03. The zero-order valence-electron chi connectivity index (χ0n) is 7.08. The van der Waals surface area contributed by atoms with Crippen LogP contribution in [0, 0.1) is 0 Å². The largest absolute Gasteiger partial charge is 0.465 e. The number of methoxy groups -OCH3 is 1. The molecule has 0 amide bonds. The average Bonchev–Trinajstić information content (AvgIpc) is 2.17. The Morgan fingerprint density at radius 3 is 3.00 bits per heavy atom. The van der Waals surface area contributed by atoms with Gasteiger partial charge < -0.3 is 4.74 Å². The van der Waals surface area contributed by atoms with Crippen LogP contribution in [0.25, 0.3) is 6.08 Å². The molecule has 0 fully saturated rings. The zero-order valence-corrected chi connectivity index (χ0v) is 7.84. The molecule has 13 heavy (non-hydrogen) atoms. The molecule has 0 N–H and O–H groups in total. The van der Waals surface area contributed by atoms with Crippen LogP contribution < -0.4 is 0 Å². The van der Waals surface area contributed by atoms with Gasteiger partial charge in [-0.3, -0.25) is 4.98 Å². The van der Waals surface area contributed by atoms with Crippen LogP contribution in [0.2, 0.25) is 5.02 Å². The van der Waals surface area contributed by atoms with E-state index in [1.807, 2.05) is 0 Å². The van der Waals surface area contributed by atoms with Gasteiger partial charge in [-0.25, -0.2) is 4.79 Å². The van der Waals surface area contributed by atoms with Crippen LogP contribution in [-0.2, 0) is 4.74 Å². The molecule has 0 aromatic carbocycles. The molecular weight excluding hydrogens is 190 g/mol. The Balaban J connectivity index is 3.23. The Hall–Kier alpha value is -1.35. The summed E-state index contributed by atoms with van der Waals surface area (Å²) in [5.74, 6) is -0.476. The van der Waals surface area contributed by atoms with Gasteiger partial charge in [0, 0.05) is 6.20 Å². The van der Waals surface area contributed by atoms with Crippen molar-refractivity contribution < 1.29 is 9.53 Å². The Labute approximate surface area is 81.0 Å². The summed E-state index contributed by atoms with van der Waals surface area (Å²) >= 11 is 5.85. The first-order valence-corrected chi connectivity index (χ1v) is 3.93. The molecule has 1 heterocycles. The first-order valence-electron chi connectivity index (χ1n) is 3.56. The van der Waals surface area contributed by atoms with Crippen molar-refractivity contribution in [2.75, 3.05) is 7.11 Å². The number of carbonyl (C=O) groups is 1. The van der Waals surface area contributed by atoms with Gasteiger partial charge in [-0.15, -0.1) is 0 Å². The summed E-state index contributed by atoms with van der Waals surface area (Å²) in [6.45, 7) is 3.52. The minimum atomic E-state index is -0.476. The lowest BCUT2D eigenvalue weighted by molar-refractivity contribution is 0.0601. The summed E-state index contributed by atoms with van der Waals surface area (Å²) in [5, 5.41) is 0.268. The number of hydrogen-bond donors (Lipinski definition) is 0. The molecule has 0 atom stereocenters. The second-order valence-electron chi connectivity index (χ2n) is 2.25. The van der Waals surface area contributed by atoms with Crippen molar-refractivity contribution in [3.63, 3.8) is 0 Å². The van der Waals surface area contributed by atoms with E-state index in [0.717, 1.165) is 0 Å². The van der Waals surface area contributed by atoms with E-state index in [9.17, 15) is 4.79 Å². The third kappa shape index (κ3) is 1.87. The molecule has 0 radical (unpaired) electrons. The number of pyridine rings is 1. The fourth-order valence-corrected chi connectivity index (χ4v) is 1.14. The van der Waals surface area contributed by atoms with Gasteiger partial charge in [0.05, 0.1) is 23.4 Å². The number of halogens is 1. The molecule has 0 bridgehead atoms. The van der Waals surface area contributed by atoms with E-state index >= 15 is 0 Å². The van der Waals surface area contributed by atoms with Crippen LogP contribution in [0.3, 0.4) is 0 Å². The third-order valence-corrected chi connectivity index (χ3v) is 1.91. The van der Waals surface area contributed by atoms with Crippen LogP contribution in [-0.4, -0.2) is 18.1 Å². The average molecular weight is 198 g/mol.